The Bertz CT molecular complexity index is 1190. The van der Waals surface area contributed by atoms with Crippen LogP contribution in [0.3, 0.4) is 0 Å². The molecule has 4 rings (SSSR count). The molecule has 0 radical (unpaired) electrons. The fraction of sp³-hybridized carbons (Fsp3) is 0.438. The van der Waals surface area contributed by atoms with E-state index in [0.29, 0.717) is 29.4 Å². The zero-order chi connectivity index (χ0) is 26.2. The molecule has 198 valence electrons. The SMILES string of the molecule is C/C=C/CCC1CCC(CCc2ccc3c(F)c(CCc4ccc(OC(F)F)c(F)c4)ccc3c2)CC1. The molecule has 0 aliphatic heterocycles. The Morgan fingerprint density at radius 1 is 0.838 bits per heavy atom. The van der Waals surface area contributed by atoms with Crippen LogP contribution in [-0.4, -0.2) is 6.61 Å². The van der Waals surface area contributed by atoms with Crippen molar-refractivity contribution in [3.05, 3.63) is 89.0 Å². The Morgan fingerprint density at radius 2 is 1.54 bits per heavy atom. The summed E-state index contributed by atoms with van der Waals surface area (Å²) in [5, 5.41) is 1.49. The summed E-state index contributed by atoms with van der Waals surface area (Å²) in [6.07, 6.45) is 15.2. The van der Waals surface area contributed by atoms with Crippen LogP contribution in [0.15, 0.2) is 60.7 Å². The molecule has 3 aromatic carbocycles. The minimum atomic E-state index is -3.08. The second kappa shape index (κ2) is 13.1. The third-order valence-electron chi connectivity index (χ3n) is 7.78. The first kappa shape index (κ1) is 27.2. The van der Waals surface area contributed by atoms with Gasteiger partial charge in [0.25, 0.3) is 0 Å². The zero-order valence-corrected chi connectivity index (χ0v) is 21.5. The molecule has 0 amide bonds. The van der Waals surface area contributed by atoms with Crippen LogP contribution in [0.5, 0.6) is 5.75 Å². The number of hydrogen-bond donors (Lipinski definition) is 0. The maximum atomic E-state index is 15.2. The van der Waals surface area contributed by atoms with Gasteiger partial charge in [-0.3, -0.25) is 0 Å². The molecule has 3 aromatic rings. The Labute approximate surface area is 217 Å². The highest BCUT2D eigenvalue weighted by Gasteiger charge is 2.20. The summed E-state index contributed by atoms with van der Waals surface area (Å²) in [5.74, 6) is 0.0798. The number of rotatable bonds is 11. The van der Waals surface area contributed by atoms with E-state index in [-0.39, 0.29) is 5.82 Å². The van der Waals surface area contributed by atoms with Gasteiger partial charge in [-0.2, -0.15) is 8.78 Å². The summed E-state index contributed by atoms with van der Waals surface area (Å²) in [7, 11) is 0. The summed E-state index contributed by atoms with van der Waals surface area (Å²) in [6, 6.07) is 13.6. The molecule has 0 spiro atoms. The van der Waals surface area contributed by atoms with Crippen molar-refractivity contribution in [2.45, 2.75) is 77.7 Å². The van der Waals surface area contributed by atoms with Crippen molar-refractivity contribution in [2.75, 3.05) is 0 Å². The van der Waals surface area contributed by atoms with E-state index in [1.165, 1.54) is 68.7 Å². The van der Waals surface area contributed by atoms with Gasteiger partial charge >= 0.3 is 6.61 Å². The summed E-state index contributed by atoms with van der Waals surface area (Å²) in [5.41, 5.74) is 2.40. The van der Waals surface area contributed by atoms with E-state index in [1.807, 2.05) is 18.2 Å². The van der Waals surface area contributed by atoms with E-state index < -0.39 is 18.2 Å². The van der Waals surface area contributed by atoms with Gasteiger partial charge in [-0.05, 0) is 91.5 Å². The molecule has 0 atom stereocenters. The second-order valence-corrected chi connectivity index (χ2v) is 10.3. The molecular formula is C32H36F4O. The topological polar surface area (TPSA) is 9.23 Å². The van der Waals surface area contributed by atoms with E-state index in [9.17, 15) is 13.2 Å². The van der Waals surface area contributed by atoms with Gasteiger partial charge in [0.1, 0.15) is 5.82 Å². The van der Waals surface area contributed by atoms with Crippen molar-refractivity contribution < 1.29 is 22.3 Å². The molecule has 0 heterocycles. The standard InChI is InChI=1S/C32H36F4O/c1-2-3-4-5-22-6-8-23(9-7-22)10-11-24-13-18-28-27(20-24)17-16-26(31(28)34)15-12-25-14-19-30(29(33)21-25)37-32(35)36/h2-3,13-14,16-23,32H,4-12,15H2,1H3/b3-2+. The Kier molecular flexibility index (Phi) is 9.65. The number of halogens is 4. The van der Waals surface area contributed by atoms with Crippen molar-refractivity contribution >= 4 is 10.8 Å². The molecule has 37 heavy (non-hydrogen) atoms. The summed E-state index contributed by atoms with van der Waals surface area (Å²) in [6.45, 7) is -0.993. The first-order valence-corrected chi connectivity index (χ1v) is 13.5. The van der Waals surface area contributed by atoms with E-state index >= 15 is 4.39 Å². The largest absolute Gasteiger partial charge is 0.432 e. The average Bonchev–Trinajstić information content (AvgIpc) is 2.89. The van der Waals surface area contributed by atoms with Crippen molar-refractivity contribution in [1.82, 2.24) is 0 Å². The third kappa shape index (κ3) is 7.59. The lowest BCUT2D eigenvalue weighted by Gasteiger charge is -2.28. The molecule has 1 nitrogen and oxygen atoms in total. The van der Waals surface area contributed by atoms with Gasteiger partial charge in [0, 0.05) is 5.39 Å². The fourth-order valence-electron chi connectivity index (χ4n) is 5.58. The van der Waals surface area contributed by atoms with Crippen LogP contribution in [0.2, 0.25) is 0 Å². The Morgan fingerprint density at radius 3 is 2.24 bits per heavy atom. The van der Waals surface area contributed by atoms with Gasteiger partial charge in [-0.15, -0.1) is 0 Å². The lowest BCUT2D eigenvalue weighted by atomic mass is 9.78. The molecule has 0 aromatic heterocycles. The number of alkyl halides is 2. The van der Waals surface area contributed by atoms with Crippen LogP contribution in [0.4, 0.5) is 17.6 Å². The molecule has 1 saturated carbocycles. The van der Waals surface area contributed by atoms with E-state index in [4.69, 9.17) is 0 Å². The number of allylic oxidation sites excluding steroid dienone is 2. The maximum Gasteiger partial charge on any atom is 0.387 e. The van der Waals surface area contributed by atoms with Gasteiger partial charge in [-0.25, -0.2) is 8.78 Å². The number of fused-ring (bicyclic) bond motifs is 1. The van der Waals surface area contributed by atoms with Crippen molar-refractivity contribution in [3.8, 4) is 5.75 Å². The second-order valence-electron chi connectivity index (χ2n) is 10.3. The van der Waals surface area contributed by atoms with Crippen LogP contribution in [0.25, 0.3) is 10.8 Å². The van der Waals surface area contributed by atoms with Crippen molar-refractivity contribution in [1.29, 1.82) is 0 Å². The molecule has 0 bridgehead atoms. The zero-order valence-electron chi connectivity index (χ0n) is 21.5. The van der Waals surface area contributed by atoms with Crippen LogP contribution in [0.1, 0.15) is 68.6 Å². The van der Waals surface area contributed by atoms with E-state index in [1.54, 1.807) is 6.07 Å². The van der Waals surface area contributed by atoms with Crippen molar-refractivity contribution in [2.24, 2.45) is 11.8 Å². The van der Waals surface area contributed by atoms with E-state index in [0.717, 1.165) is 23.6 Å². The normalized spacial score (nSPS) is 18.2. The molecule has 0 N–H and O–H groups in total. The summed E-state index contributed by atoms with van der Waals surface area (Å²) in [4.78, 5) is 0. The monoisotopic (exact) mass is 512 g/mol. The van der Waals surface area contributed by atoms with Crippen LogP contribution in [0, 0.1) is 23.5 Å². The molecule has 0 saturated heterocycles. The van der Waals surface area contributed by atoms with Crippen LogP contribution >= 0.6 is 0 Å². The highest BCUT2D eigenvalue weighted by atomic mass is 19.3. The van der Waals surface area contributed by atoms with Gasteiger partial charge in [0.2, 0.25) is 0 Å². The molecule has 1 aliphatic rings. The first-order chi connectivity index (χ1) is 17.9. The first-order valence-electron chi connectivity index (χ1n) is 13.5. The van der Waals surface area contributed by atoms with Crippen LogP contribution in [-0.2, 0) is 19.3 Å². The number of ether oxygens (including phenoxy) is 1. The quantitative estimate of drug-likeness (QED) is 0.184. The molecule has 5 heteroatoms. The smallest absolute Gasteiger partial charge is 0.387 e. The van der Waals surface area contributed by atoms with Gasteiger partial charge in [0.05, 0.1) is 0 Å². The highest BCUT2D eigenvalue weighted by molar-refractivity contribution is 5.84. The summed E-state index contributed by atoms with van der Waals surface area (Å²) < 4.78 is 58.0. The lowest BCUT2D eigenvalue weighted by Crippen LogP contribution is -2.15. The lowest BCUT2D eigenvalue weighted by molar-refractivity contribution is -0.0522. The predicted molar refractivity (Wildman–Crippen MR) is 142 cm³/mol. The minimum absolute atomic E-state index is 0.251. The van der Waals surface area contributed by atoms with Gasteiger partial charge in [0.15, 0.2) is 11.6 Å². The third-order valence-corrected chi connectivity index (χ3v) is 7.78. The number of hydrogen-bond acceptors (Lipinski definition) is 1. The van der Waals surface area contributed by atoms with E-state index in [2.05, 4.69) is 29.9 Å². The fourth-order valence-corrected chi connectivity index (χ4v) is 5.58. The highest BCUT2D eigenvalue weighted by Crippen LogP contribution is 2.34. The molecule has 0 unspecified atom stereocenters. The number of aryl methyl sites for hydroxylation is 3. The van der Waals surface area contributed by atoms with Crippen LogP contribution < -0.4 is 4.74 Å². The Hall–Kier alpha value is -2.82. The molecule has 1 aliphatic carbocycles. The minimum Gasteiger partial charge on any atom is -0.432 e. The average molecular weight is 513 g/mol. The molecular weight excluding hydrogens is 476 g/mol. The summed E-state index contributed by atoms with van der Waals surface area (Å²) >= 11 is 0. The van der Waals surface area contributed by atoms with Crippen molar-refractivity contribution in [3.63, 3.8) is 0 Å². The van der Waals surface area contributed by atoms with Gasteiger partial charge < -0.3 is 4.74 Å². The Balaban J connectivity index is 1.31. The molecule has 1 fully saturated rings. The van der Waals surface area contributed by atoms with Gasteiger partial charge in [-0.1, -0.05) is 74.2 Å². The maximum absolute atomic E-state index is 15.2. The predicted octanol–water partition coefficient (Wildman–Crippen LogP) is 9.60. The number of benzene rings is 3.